The lowest BCUT2D eigenvalue weighted by Gasteiger charge is -2.19. The van der Waals surface area contributed by atoms with E-state index in [0.717, 1.165) is 0 Å². The Kier molecular flexibility index (Phi) is 7.44. The fraction of sp³-hybridized carbons (Fsp3) is 0.524. The number of carbonyl (C=O) groups excluding carboxylic acids is 3. The van der Waals surface area contributed by atoms with Crippen LogP contribution in [0.5, 0.6) is 0 Å². The highest BCUT2D eigenvalue weighted by atomic mass is 16.6. The van der Waals surface area contributed by atoms with Gasteiger partial charge in [-0.3, -0.25) is 24.3 Å². The van der Waals surface area contributed by atoms with E-state index in [-0.39, 0.29) is 42.7 Å². The van der Waals surface area contributed by atoms with Crippen molar-refractivity contribution in [3.63, 3.8) is 0 Å². The van der Waals surface area contributed by atoms with Crippen LogP contribution >= 0.6 is 0 Å². The summed E-state index contributed by atoms with van der Waals surface area (Å²) in [5.74, 6) is 1.14. The first-order valence-electron chi connectivity index (χ1n) is 10.4. The van der Waals surface area contributed by atoms with Crippen LogP contribution in [0.2, 0.25) is 0 Å². The average molecular weight is 459 g/mol. The fourth-order valence-corrected chi connectivity index (χ4v) is 3.72. The minimum atomic E-state index is -0.971. The van der Waals surface area contributed by atoms with Gasteiger partial charge in [0.2, 0.25) is 11.9 Å². The molecule has 0 aromatic carbocycles. The number of hydrogen-bond acceptors (Lipinski definition) is 9. The second-order valence-corrected chi connectivity index (χ2v) is 7.54. The van der Waals surface area contributed by atoms with Gasteiger partial charge in [-0.25, -0.2) is 14.3 Å². The normalized spacial score (nSPS) is 19.8. The summed E-state index contributed by atoms with van der Waals surface area (Å²) in [7, 11) is 0. The average Bonchev–Trinajstić information content (AvgIpc) is 3.22. The lowest BCUT2D eigenvalue weighted by Crippen LogP contribution is -2.33. The van der Waals surface area contributed by atoms with E-state index < -0.39 is 24.0 Å². The number of amides is 1. The van der Waals surface area contributed by atoms with Crippen LogP contribution in [-0.2, 0) is 35.1 Å². The molecule has 3 rings (SSSR count). The van der Waals surface area contributed by atoms with Crippen molar-refractivity contribution in [1.82, 2.24) is 19.1 Å². The summed E-state index contributed by atoms with van der Waals surface area (Å²) in [6.07, 6.45) is 6.11. The van der Waals surface area contributed by atoms with Crippen molar-refractivity contribution in [1.29, 1.82) is 0 Å². The van der Waals surface area contributed by atoms with Gasteiger partial charge in [0.25, 0.3) is 0 Å². The molecule has 3 atom stereocenters. The molecule has 2 aromatic heterocycles. The number of imidazole rings is 1. The van der Waals surface area contributed by atoms with E-state index in [9.17, 15) is 19.2 Å². The van der Waals surface area contributed by atoms with Gasteiger partial charge in [0, 0.05) is 27.2 Å². The van der Waals surface area contributed by atoms with Gasteiger partial charge < -0.3 is 14.2 Å². The molecule has 12 heteroatoms. The highest BCUT2D eigenvalue weighted by Crippen LogP contribution is 2.34. The standard InChI is InChI=1S/C21H25N5O7/c1-5-8-25-16-11-22-20(23-12(2)27)24-18(16)26(21(25)30)19-17(32-14(4)29)10-15(33-19)7-6-9-31-13(3)28/h1,11,15,17,19H,6-10H2,2-4H3,(H,22,23,24,27)/t15-,17+,19+/m0/s1. The molecular weight excluding hydrogens is 434 g/mol. The first-order chi connectivity index (χ1) is 15.7. The Morgan fingerprint density at radius 3 is 2.70 bits per heavy atom. The number of carbonyl (C=O) groups is 3. The summed E-state index contributed by atoms with van der Waals surface area (Å²) in [4.78, 5) is 55.8. The summed E-state index contributed by atoms with van der Waals surface area (Å²) in [5, 5.41) is 2.48. The fourth-order valence-electron chi connectivity index (χ4n) is 3.72. The summed E-state index contributed by atoms with van der Waals surface area (Å²) in [6, 6.07) is 0. The maximum absolute atomic E-state index is 13.3. The van der Waals surface area contributed by atoms with Gasteiger partial charge in [-0.05, 0) is 12.8 Å². The van der Waals surface area contributed by atoms with E-state index in [1.54, 1.807) is 0 Å². The van der Waals surface area contributed by atoms with E-state index in [2.05, 4.69) is 21.2 Å². The summed E-state index contributed by atoms with van der Waals surface area (Å²) >= 11 is 0. The van der Waals surface area contributed by atoms with E-state index >= 15 is 0 Å². The van der Waals surface area contributed by atoms with E-state index in [1.807, 2.05) is 0 Å². The number of hydrogen-bond donors (Lipinski definition) is 1. The number of anilines is 1. The molecule has 0 bridgehead atoms. The lowest BCUT2D eigenvalue weighted by atomic mass is 10.1. The van der Waals surface area contributed by atoms with Crippen LogP contribution < -0.4 is 11.0 Å². The number of rotatable bonds is 8. The first-order valence-corrected chi connectivity index (χ1v) is 10.4. The van der Waals surface area contributed by atoms with Crippen molar-refractivity contribution in [2.45, 2.75) is 65.0 Å². The van der Waals surface area contributed by atoms with Gasteiger partial charge in [0.1, 0.15) is 11.6 Å². The number of fused-ring (bicyclic) bond motifs is 1. The molecule has 176 valence electrons. The Morgan fingerprint density at radius 1 is 1.30 bits per heavy atom. The molecule has 1 aliphatic heterocycles. The van der Waals surface area contributed by atoms with Gasteiger partial charge in [-0.2, -0.15) is 4.98 Å². The molecule has 12 nitrogen and oxygen atoms in total. The van der Waals surface area contributed by atoms with E-state index in [1.165, 1.54) is 36.1 Å². The molecule has 1 N–H and O–H groups in total. The maximum Gasteiger partial charge on any atom is 0.333 e. The maximum atomic E-state index is 13.3. The second-order valence-electron chi connectivity index (χ2n) is 7.54. The molecule has 0 unspecified atom stereocenters. The number of nitrogens with zero attached hydrogens (tertiary/aromatic N) is 4. The van der Waals surface area contributed by atoms with Gasteiger partial charge in [-0.15, -0.1) is 6.42 Å². The quantitative estimate of drug-likeness (QED) is 0.343. The van der Waals surface area contributed by atoms with Crippen molar-refractivity contribution in [3.8, 4) is 12.3 Å². The Morgan fingerprint density at radius 2 is 2.06 bits per heavy atom. The van der Waals surface area contributed by atoms with Crippen LogP contribution in [0.3, 0.4) is 0 Å². The largest absolute Gasteiger partial charge is 0.466 e. The third-order valence-corrected chi connectivity index (χ3v) is 4.94. The van der Waals surface area contributed by atoms with Crippen LogP contribution in [0.25, 0.3) is 11.2 Å². The molecule has 1 aliphatic rings. The van der Waals surface area contributed by atoms with Crippen LogP contribution in [0.1, 0.15) is 46.3 Å². The monoisotopic (exact) mass is 459 g/mol. The molecule has 0 aliphatic carbocycles. The minimum absolute atomic E-state index is 0.00146. The van der Waals surface area contributed by atoms with Gasteiger partial charge in [-0.1, -0.05) is 5.92 Å². The Bertz CT molecular complexity index is 1160. The topological polar surface area (TPSA) is 144 Å². The number of terminal acetylenes is 1. The Hall–Kier alpha value is -3.72. The molecule has 0 saturated carbocycles. The zero-order valence-corrected chi connectivity index (χ0v) is 18.6. The number of nitrogens with one attached hydrogen (secondary N) is 1. The van der Waals surface area contributed by atoms with Crippen molar-refractivity contribution in [3.05, 3.63) is 16.7 Å². The SMILES string of the molecule is C#CCn1c(=O)n([C@@H]2O[C@@H](CCCOC(C)=O)C[C@H]2OC(C)=O)c2nc(NC(C)=O)ncc21. The van der Waals surface area contributed by atoms with Gasteiger partial charge >= 0.3 is 17.6 Å². The van der Waals surface area contributed by atoms with Crippen LogP contribution in [-0.4, -0.2) is 55.8 Å². The van der Waals surface area contributed by atoms with Crippen LogP contribution in [0.4, 0.5) is 5.95 Å². The lowest BCUT2D eigenvalue weighted by molar-refractivity contribution is -0.152. The zero-order valence-electron chi connectivity index (χ0n) is 18.6. The molecule has 1 saturated heterocycles. The number of esters is 2. The van der Waals surface area contributed by atoms with Crippen molar-refractivity contribution >= 4 is 35.0 Å². The van der Waals surface area contributed by atoms with Crippen LogP contribution in [0.15, 0.2) is 11.0 Å². The second kappa shape index (κ2) is 10.3. The Labute approximate surface area is 189 Å². The molecule has 0 spiro atoms. The molecule has 1 fully saturated rings. The van der Waals surface area contributed by atoms with Gasteiger partial charge in [0.05, 0.1) is 25.5 Å². The predicted octanol–water partition coefficient (Wildman–Crippen LogP) is 0.747. The third kappa shape index (κ3) is 5.56. The minimum Gasteiger partial charge on any atom is -0.466 e. The summed E-state index contributed by atoms with van der Waals surface area (Å²) < 4.78 is 19.1. The van der Waals surface area contributed by atoms with Crippen molar-refractivity contribution in [2.75, 3.05) is 11.9 Å². The molecular formula is C21H25N5O7. The van der Waals surface area contributed by atoms with Crippen molar-refractivity contribution < 1.29 is 28.6 Å². The highest BCUT2D eigenvalue weighted by Gasteiger charge is 2.41. The smallest absolute Gasteiger partial charge is 0.333 e. The Balaban J connectivity index is 1.99. The van der Waals surface area contributed by atoms with Gasteiger partial charge in [0.15, 0.2) is 11.9 Å². The predicted molar refractivity (Wildman–Crippen MR) is 115 cm³/mol. The number of ether oxygens (including phenoxy) is 3. The van der Waals surface area contributed by atoms with E-state index in [0.29, 0.717) is 24.8 Å². The zero-order chi connectivity index (χ0) is 24.1. The third-order valence-electron chi connectivity index (χ3n) is 4.94. The van der Waals surface area contributed by atoms with E-state index in [4.69, 9.17) is 20.6 Å². The van der Waals surface area contributed by atoms with Crippen LogP contribution in [0, 0.1) is 12.3 Å². The molecule has 0 radical (unpaired) electrons. The summed E-state index contributed by atoms with van der Waals surface area (Å²) in [5.41, 5.74) is 0.00666. The molecule has 2 aromatic rings. The number of aromatic nitrogens is 4. The molecule has 3 heterocycles. The van der Waals surface area contributed by atoms with Crippen molar-refractivity contribution in [2.24, 2.45) is 0 Å². The molecule has 33 heavy (non-hydrogen) atoms. The highest BCUT2D eigenvalue weighted by molar-refractivity contribution is 5.87. The molecule has 1 amide bonds. The summed E-state index contributed by atoms with van der Waals surface area (Å²) in [6.45, 7) is 4.09. The first kappa shape index (κ1) is 23.9.